The van der Waals surface area contributed by atoms with Crippen molar-refractivity contribution in [2.45, 2.75) is 26.7 Å². The van der Waals surface area contributed by atoms with Gasteiger partial charge < -0.3 is 4.74 Å². The lowest BCUT2D eigenvalue weighted by molar-refractivity contribution is -0.421. The molecule has 0 aromatic heterocycles. The van der Waals surface area contributed by atoms with Gasteiger partial charge in [0, 0.05) is 6.08 Å². The summed E-state index contributed by atoms with van der Waals surface area (Å²) >= 11 is 0. The van der Waals surface area contributed by atoms with E-state index in [1.165, 1.54) is 6.08 Å². The summed E-state index contributed by atoms with van der Waals surface area (Å²) in [6, 6.07) is 0. The molecule has 0 radical (unpaired) electrons. The van der Waals surface area contributed by atoms with Crippen LogP contribution in [0.3, 0.4) is 0 Å². The lowest BCUT2D eigenvalue weighted by atomic mass is 10.0. The molecule has 0 saturated carbocycles. The second-order valence-electron chi connectivity index (χ2n) is 2.88. The van der Waals surface area contributed by atoms with Crippen LogP contribution in [-0.4, -0.2) is 18.0 Å². The highest BCUT2D eigenvalue weighted by Gasteiger charge is 2.23. The van der Waals surface area contributed by atoms with E-state index < -0.39 is 16.6 Å². The van der Waals surface area contributed by atoms with Gasteiger partial charge in [0.05, 0.1) is 12.0 Å². The minimum Gasteiger partial charge on any atom is -0.461 e. The molecular formula is C9H15NO4. The van der Waals surface area contributed by atoms with Crippen LogP contribution in [-0.2, 0) is 9.53 Å². The summed E-state index contributed by atoms with van der Waals surface area (Å²) < 4.78 is 4.31. The molecule has 0 amide bonds. The normalized spacial score (nSPS) is 11.6. The Hall–Kier alpha value is -1.39. The van der Waals surface area contributed by atoms with Gasteiger partial charge >= 0.3 is 11.7 Å². The molecule has 0 rings (SSSR count). The highest BCUT2D eigenvalue weighted by molar-refractivity contribution is 5.85. The Morgan fingerprint density at radius 1 is 1.50 bits per heavy atom. The number of ether oxygens (including phenoxy) is 1. The summed E-state index contributed by atoms with van der Waals surface area (Å²) in [6.07, 6.45) is 2.90. The average molecular weight is 201 g/mol. The third kappa shape index (κ3) is 3.55. The molecule has 0 aliphatic heterocycles. The minimum atomic E-state index is -0.887. The Labute approximate surface area is 82.9 Å². The van der Waals surface area contributed by atoms with Crippen LogP contribution in [0.15, 0.2) is 11.8 Å². The largest absolute Gasteiger partial charge is 0.461 e. The zero-order chi connectivity index (χ0) is 11.1. The summed E-state index contributed by atoms with van der Waals surface area (Å²) in [7, 11) is 1.13. The highest BCUT2D eigenvalue weighted by atomic mass is 16.6. The van der Waals surface area contributed by atoms with E-state index >= 15 is 0 Å². The van der Waals surface area contributed by atoms with Gasteiger partial charge in [0.2, 0.25) is 0 Å². The first-order valence-electron chi connectivity index (χ1n) is 4.51. The zero-order valence-electron chi connectivity index (χ0n) is 8.65. The van der Waals surface area contributed by atoms with E-state index in [0.717, 1.165) is 20.0 Å². The molecule has 0 aliphatic rings. The summed E-state index contributed by atoms with van der Waals surface area (Å²) in [5, 5.41) is 10.5. The molecule has 5 heteroatoms. The van der Waals surface area contributed by atoms with Gasteiger partial charge in [-0.15, -0.1) is 0 Å². The van der Waals surface area contributed by atoms with Gasteiger partial charge in [-0.3, -0.25) is 10.1 Å². The number of nitrogens with zero attached hydrogens (tertiary/aromatic N) is 1. The SMILES string of the molecule is CCC(/C=C(\C(=O)OC)[N+](=O)[O-])CC. The maximum atomic E-state index is 11.0. The van der Waals surface area contributed by atoms with Gasteiger partial charge in [0.1, 0.15) is 0 Å². The van der Waals surface area contributed by atoms with Crippen molar-refractivity contribution in [3.63, 3.8) is 0 Å². The molecule has 0 N–H and O–H groups in total. The monoisotopic (exact) mass is 201 g/mol. The van der Waals surface area contributed by atoms with Gasteiger partial charge in [-0.1, -0.05) is 13.8 Å². The lowest BCUT2D eigenvalue weighted by Crippen LogP contribution is -2.14. The van der Waals surface area contributed by atoms with E-state index in [0.29, 0.717) is 0 Å². The van der Waals surface area contributed by atoms with Crippen molar-refractivity contribution in [1.29, 1.82) is 0 Å². The van der Waals surface area contributed by atoms with Crippen LogP contribution >= 0.6 is 0 Å². The fraction of sp³-hybridized carbons (Fsp3) is 0.667. The Morgan fingerprint density at radius 2 is 2.00 bits per heavy atom. The number of methoxy groups -OCH3 is 1. The van der Waals surface area contributed by atoms with Crippen molar-refractivity contribution in [3.05, 3.63) is 21.9 Å². The Kier molecular flexibility index (Phi) is 5.52. The predicted molar refractivity (Wildman–Crippen MR) is 51.2 cm³/mol. The van der Waals surface area contributed by atoms with E-state index in [1.54, 1.807) is 0 Å². The Bertz CT molecular complexity index is 243. The third-order valence-electron chi connectivity index (χ3n) is 2.03. The topological polar surface area (TPSA) is 69.4 Å². The van der Waals surface area contributed by atoms with Crippen LogP contribution < -0.4 is 0 Å². The molecule has 0 atom stereocenters. The van der Waals surface area contributed by atoms with Crippen LogP contribution in [0.5, 0.6) is 0 Å². The molecule has 0 heterocycles. The average Bonchev–Trinajstić information content (AvgIpc) is 2.18. The van der Waals surface area contributed by atoms with Crippen LogP contribution in [0.4, 0.5) is 0 Å². The molecule has 14 heavy (non-hydrogen) atoms. The summed E-state index contributed by atoms with van der Waals surface area (Å²) in [6.45, 7) is 3.83. The number of hydrogen-bond donors (Lipinski definition) is 0. The smallest absolute Gasteiger partial charge is 0.409 e. The van der Waals surface area contributed by atoms with Gasteiger partial charge in [-0.25, -0.2) is 4.79 Å². The van der Waals surface area contributed by atoms with Crippen LogP contribution in [0, 0.1) is 16.0 Å². The second kappa shape index (κ2) is 6.12. The van der Waals surface area contributed by atoms with E-state index in [-0.39, 0.29) is 5.92 Å². The number of esters is 1. The first-order chi connectivity index (χ1) is 6.56. The number of nitro groups is 1. The summed E-state index contributed by atoms with van der Waals surface area (Å²) in [5.74, 6) is -0.837. The molecule has 0 fully saturated rings. The molecule has 5 nitrogen and oxygen atoms in total. The molecule has 0 unspecified atom stereocenters. The fourth-order valence-electron chi connectivity index (χ4n) is 1.06. The zero-order valence-corrected chi connectivity index (χ0v) is 8.65. The van der Waals surface area contributed by atoms with Gasteiger partial charge in [0.25, 0.3) is 0 Å². The molecule has 0 aromatic rings. The van der Waals surface area contributed by atoms with E-state index in [9.17, 15) is 14.9 Å². The van der Waals surface area contributed by atoms with Gasteiger partial charge in [0.15, 0.2) is 0 Å². The number of allylic oxidation sites excluding steroid dienone is 1. The van der Waals surface area contributed by atoms with Crippen LogP contribution in [0.2, 0.25) is 0 Å². The van der Waals surface area contributed by atoms with Crippen molar-refractivity contribution in [2.24, 2.45) is 5.92 Å². The maximum absolute atomic E-state index is 11.0. The first-order valence-corrected chi connectivity index (χ1v) is 4.51. The maximum Gasteiger partial charge on any atom is 0.409 e. The first kappa shape index (κ1) is 12.6. The van der Waals surface area contributed by atoms with Crippen molar-refractivity contribution in [2.75, 3.05) is 7.11 Å². The molecule has 0 aliphatic carbocycles. The molecular weight excluding hydrogens is 186 g/mol. The summed E-state index contributed by atoms with van der Waals surface area (Å²) in [5.41, 5.74) is -0.471. The standard InChI is InChI=1S/C9H15NO4/c1-4-7(5-2)6-8(10(12)13)9(11)14-3/h6-7H,4-5H2,1-3H3/b8-6+. The van der Waals surface area contributed by atoms with Crippen LogP contribution in [0.1, 0.15) is 26.7 Å². The molecule has 0 aromatic carbocycles. The Balaban J connectivity index is 4.80. The molecule has 0 bridgehead atoms. The van der Waals surface area contributed by atoms with E-state index in [4.69, 9.17) is 0 Å². The Morgan fingerprint density at radius 3 is 2.29 bits per heavy atom. The second-order valence-corrected chi connectivity index (χ2v) is 2.88. The van der Waals surface area contributed by atoms with Gasteiger partial charge in [-0.05, 0) is 18.8 Å². The highest BCUT2D eigenvalue weighted by Crippen LogP contribution is 2.13. The fourth-order valence-corrected chi connectivity index (χ4v) is 1.06. The van der Waals surface area contributed by atoms with Crippen molar-refractivity contribution in [1.82, 2.24) is 0 Å². The number of carbonyl (C=O) groups excluding carboxylic acids is 1. The predicted octanol–water partition coefficient (Wildman–Crippen LogP) is 1.76. The third-order valence-corrected chi connectivity index (χ3v) is 2.03. The van der Waals surface area contributed by atoms with Crippen LogP contribution in [0.25, 0.3) is 0 Å². The molecule has 0 saturated heterocycles. The minimum absolute atomic E-state index is 0.0505. The van der Waals surface area contributed by atoms with E-state index in [2.05, 4.69) is 4.74 Å². The number of hydrogen-bond acceptors (Lipinski definition) is 4. The van der Waals surface area contributed by atoms with Crippen molar-refractivity contribution in [3.8, 4) is 0 Å². The molecule has 80 valence electrons. The van der Waals surface area contributed by atoms with Gasteiger partial charge in [-0.2, -0.15) is 0 Å². The number of rotatable bonds is 5. The lowest BCUT2D eigenvalue weighted by Gasteiger charge is -2.05. The number of carbonyl (C=O) groups is 1. The van der Waals surface area contributed by atoms with Crippen molar-refractivity contribution >= 4 is 5.97 Å². The van der Waals surface area contributed by atoms with Crippen molar-refractivity contribution < 1.29 is 14.5 Å². The molecule has 0 spiro atoms. The summed E-state index contributed by atoms with van der Waals surface area (Å²) in [4.78, 5) is 20.8. The quantitative estimate of drug-likeness (QED) is 0.294. The van der Waals surface area contributed by atoms with E-state index in [1.807, 2.05) is 13.8 Å².